The van der Waals surface area contributed by atoms with Crippen molar-refractivity contribution >= 4 is 65.3 Å². The van der Waals surface area contributed by atoms with E-state index in [1.54, 1.807) is 19.2 Å². The fourth-order valence-corrected chi connectivity index (χ4v) is 8.44. The maximum Gasteiger partial charge on any atom is 0.490 e. The highest BCUT2D eigenvalue weighted by Crippen LogP contribution is 2.34. The van der Waals surface area contributed by atoms with E-state index in [0.717, 1.165) is 41.3 Å². The molecule has 0 saturated heterocycles. The van der Waals surface area contributed by atoms with E-state index < -0.39 is 26.2 Å². The van der Waals surface area contributed by atoms with E-state index in [1.165, 1.54) is 11.3 Å². The van der Waals surface area contributed by atoms with Crippen molar-refractivity contribution in [2.75, 3.05) is 7.11 Å². The number of carbonyl (C=O) groups is 2. The number of nitrogens with zero attached hydrogens (tertiary/aromatic N) is 2. The number of ether oxygens (including phenoxy) is 1. The van der Waals surface area contributed by atoms with Crippen LogP contribution in [-0.2, 0) is 48.0 Å². The summed E-state index contributed by atoms with van der Waals surface area (Å²) in [5.41, 5.74) is 9.24. The molecule has 0 spiro atoms. The number of aliphatic carboxylic acids is 1. The molecule has 0 radical (unpaired) electrons. The smallest absolute Gasteiger partial charge is 0.490 e. The van der Waals surface area contributed by atoms with Crippen molar-refractivity contribution in [1.29, 1.82) is 0 Å². The Labute approximate surface area is 265 Å². The number of carboxylic acid groups (broad SMARTS) is 1. The minimum atomic E-state index is -5.08. The zero-order chi connectivity index (χ0) is 32.3. The lowest BCUT2D eigenvalue weighted by Gasteiger charge is -2.36. The number of aromatic nitrogens is 2. The molecule has 0 bridgehead atoms. The summed E-state index contributed by atoms with van der Waals surface area (Å²) in [7, 11) is -1.20. The van der Waals surface area contributed by atoms with E-state index in [9.17, 15) is 22.2 Å². The summed E-state index contributed by atoms with van der Waals surface area (Å²) >= 11 is 12.9. The van der Waals surface area contributed by atoms with Crippen LogP contribution in [-0.4, -0.2) is 49.7 Å². The molecule has 2 heterocycles. The number of rotatable bonds is 10. The molecule has 15 heteroatoms. The molecule has 0 aliphatic heterocycles. The van der Waals surface area contributed by atoms with Crippen LogP contribution in [0.2, 0.25) is 4.34 Å². The van der Waals surface area contributed by atoms with E-state index in [0.29, 0.717) is 39.4 Å². The van der Waals surface area contributed by atoms with Crippen molar-refractivity contribution in [3.8, 4) is 5.75 Å². The van der Waals surface area contributed by atoms with Gasteiger partial charge in [-0.05, 0) is 72.3 Å². The number of benzene rings is 2. The third kappa shape index (κ3) is 7.96. The molecule has 1 fully saturated rings. The largest absolute Gasteiger partial charge is 0.496 e. The Bertz CT molecular complexity index is 1780. The lowest BCUT2D eigenvalue weighted by molar-refractivity contribution is -0.192. The number of ketones is 1. The highest BCUT2D eigenvalue weighted by Gasteiger charge is 2.39. The van der Waals surface area contributed by atoms with Gasteiger partial charge in [0.1, 0.15) is 5.75 Å². The van der Waals surface area contributed by atoms with Gasteiger partial charge in [0.2, 0.25) is 0 Å². The van der Waals surface area contributed by atoms with E-state index in [2.05, 4.69) is 6.07 Å². The molecule has 1 saturated carbocycles. The number of hydrogen-bond donors (Lipinski definition) is 2. The molecule has 1 aliphatic carbocycles. The van der Waals surface area contributed by atoms with Gasteiger partial charge in [-0.15, -0.1) is 11.3 Å². The predicted molar refractivity (Wildman–Crippen MR) is 166 cm³/mol. The molecule has 1 atom stereocenters. The van der Waals surface area contributed by atoms with Crippen LogP contribution in [0.5, 0.6) is 5.75 Å². The fourth-order valence-electron chi connectivity index (χ4n) is 4.78. The van der Waals surface area contributed by atoms with Gasteiger partial charge in [0.05, 0.1) is 58.6 Å². The van der Waals surface area contributed by atoms with Crippen LogP contribution in [0.3, 0.4) is 0 Å². The Morgan fingerprint density at radius 1 is 1.18 bits per heavy atom. The Morgan fingerprint density at radius 3 is 2.41 bits per heavy atom. The maximum atomic E-state index is 13.5. The topological polar surface area (TPSA) is 125 Å². The second-order valence-electron chi connectivity index (χ2n) is 10.3. The molecule has 44 heavy (non-hydrogen) atoms. The molecule has 3 N–H and O–H groups in total. The second kappa shape index (κ2) is 13.5. The van der Waals surface area contributed by atoms with Crippen molar-refractivity contribution in [3.05, 3.63) is 75.8 Å². The molecule has 1 unspecified atom stereocenters. The van der Waals surface area contributed by atoms with Crippen molar-refractivity contribution in [3.63, 3.8) is 0 Å². The van der Waals surface area contributed by atoms with Crippen LogP contribution in [0.4, 0.5) is 13.2 Å². The molecule has 8 nitrogen and oxygen atoms in total. The Morgan fingerprint density at radius 2 is 1.84 bits per heavy atom. The standard InChI is InChI=1S/C27H28ClN3O3S3.C2HF3O2/c1-34-22-8-3-7-21-26(22)20(17-37(33,35)25-12-11-24(28)36-25)30-31(21)16-19-6-2-5-18(15-19)9-10-23(32)27(29)13-4-14-27;3-2(4,5)1(6)7/h2-3,5-8,11-12,15H,4,9-10,13-14,16-17,29H2,1H3;(H,6,7). The number of alkyl halides is 3. The number of methoxy groups -OCH3 is 1. The van der Waals surface area contributed by atoms with Gasteiger partial charge in [-0.2, -0.15) is 18.3 Å². The Kier molecular flexibility index (Phi) is 10.4. The summed E-state index contributed by atoms with van der Waals surface area (Å²) in [5.74, 6) is -1.84. The minimum absolute atomic E-state index is 0.103. The maximum absolute atomic E-state index is 13.5. The zero-order valence-electron chi connectivity index (χ0n) is 23.4. The van der Waals surface area contributed by atoms with Crippen LogP contribution in [0.15, 0.2) is 58.8 Å². The minimum Gasteiger partial charge on any atom is -0.496 e. The van der Waals surface area contributed by atoms with E-state index >= 15 is 0 Å². The lowest BCUT2D eigenvalue weighted by Crippen LogP contribution is -2.53. The third-order valence-electron chi connectivity index (χ3n) is 7.22. The number of Topliss-reactive ketones (excluding diaryl/α,β-unsaturated/α-hetero) is 1. The van der Waals surface area contributed by atoms with E-state index in [-0.39, 0.29) is 11.5 Å². The van der Waals surface area contributed by atoms with Gasteiger partial charge in [-0.25, -0.2) is 4.79 Å². The molecule has 2 aromatic heterocycles. The number of carbonyl (C=O) groups excluding carboxylic acids is 1. The summed E-state index contributed by atoms with van der Waals surface area (Å²) in [4.78, 5) is 21.4. The van der Waals surface area contributed by atoms with Crippen molar-refractivity contribution in [1.82, 2.24) is 9.78 Å². The SMILES string of the molecule is COc1cccc2c1c(CS(=O)(=S)c1ccc(Cl)s1)nn2Cc1cccc(CCC(=O)C2(N)CCC2)c1.O=C(O)C(F)(F)F. The van der Waals surface area contributed by atoms with Gasteiger partial charge < -0.3 is 15.6 Å². The number of hydrogen-bond acceptors (Lipinski definition) is 8. The summed E-state index contributed by atoms with van der Waals surface area (Å²) in [5, 5.41) is 12.8. The second-order valence-corrected chi connectivity index (χ2v) is 15.9. The first-order chi connectivity index (χ1) is 20.6. The molecule has 1 aliphatic rings. The Balaban J connectivity index is 0.000000566. The van der Waals surface area contributed by atoms with E-state index in [4.69, 9.17) is 48.3 Å². The average Bonchev–Trinajstić information content (AvgIpc) is 3.54. The van der Waals surface area contributed by atoms with Crippen molar-refractivity contribution < 1.29 is 36.8 Å². The number of fused-ring (bicyclic) bond motifs is 1. The van der Waals surface area contributed by atoms with Crippen molar-refractivity contribution in [2.24, 2.45) is 5.73 Å². The first-order valence-corrected chi connectivity index (χ1v) is 17.2. The van der Waals surface area contributed by atoms with Gasteiger partial charge >= 0.3 is 12.1 Å². The number of carboxylic acids is 1. The lowest BCUT2D eigenvalue weighted by atomic mass is 9.73. The van der Waals surface area contributed by atoms with Gasteiger partial charge in [0.25, 0.3) is 0 Å². The predicted octanol–water partition coefficient (Wildman–Crippen LogP) is 6.13. The van der Waals surface area contributed by atoms with Crippen molar-refractivity contribution in [2.45, 2.75) is 60.3 Å². The molecule has 5 rings (SSSR count). The highest BCUT2D eigenvalue weighted by atomic mass is 35.5. The number of thiophene rings is 1. The number of nitrogens with two attached hydrogens (primary N) is 1. The van der Waals surface area contributed by atoms with Crippen LogP contribution in [0.25, 0.3) is 10.9 Å². The van der Waals surface area contributed by atoms with Crippen LogP contribution >= 0.6 is 22.9 Å². The highest BCUT2D eigenvalue weighted by molar-refractivity contribution is 8.33. The summed E-state index contributed by atoms with van der Waals surface area (Å²) in [6.07, 6.45) is -1.36. The molecule has 2 aromatic carbocycles. The van der Waals surface area contributed by atoms with Gasteiger partial charge in [-0.1, -0.05) is 41.9 Å². The Hall–Kier alpha value is -3.04. The van der Waals surface area contributed by atoms with Gasteiger partial charge in [0, 0.05) is 6.42 Å². The third-order valence-corrected chi connectivity index (χ3v) is 11.9. The molecule has 236 valence electrons. The summed E-state index contributed by atoms with van der Waals surface area (Å²) < 4.78 is 53.9. The molecular formula is C29H29ClF3N3O5S3. The summed E-state index contributed by atoms with van der Waals surface area (Å²) in [6.45, 7) is 0.510. The molecule has 4 aromatic rings. The van der Waals surface area contributed by atoms with Crippen LogP contribution in [0, 0.1) is 0 Å². The fraction of sp³-hybridized carbons (Fsp3) is 0.345. The first-order valence-electron chi connectivity index (χ1n) is 13.3. The summed E-state index contributed by atoms with van der Waals surface area (Å²) in [6, 6.07) is 17.4. The van der Waals surface area contributed by atoms with Crippen LogP contribution < -0.4 is 10.5 Å². The molecule has 0 amide bonds. The zero-order valence-corrected chi connectivity index (χ0v) is 26.6. The van der Waals surface area contributed by atoms with E-state index in [1.807, 2.05) is 41.1 Å². The van der Waals surface area contributed by atoms with Crippen LogP contribution in [0.1, 0.15) is 42.5 Å². The normalized spacial score (nSPS) is 15.5. The monoisotopic (exact) mass is 687 g/mol. The number of aryl methyl sites for hydroxylation is 1. The average molecular weight is 688 g/mol. The quantitative estimate of drug-likeness (QED) is 0.204. The molecular weight excluding hydrogens is 659 g/mol. The number of halogens is 4. The first kappa shape index (κ1) is 33.8. The van der Waals surface area contributed by atoms with Gasteiger partial charge in [0.15, 0.2) is 5.78 Å². The van der Waals surface area contributed by atoms with Gasteiger partial charge in [-0.3, -0.25) is 13.7 Å².